The fraction of sp³-hybridized carbons (Fsp3) is 0.188. The molecule has 1 amide bonds. The average molecular weight is 281 g/mol. The van der Waals surface area contributed by atoms with Gasteiger partial charge in [-0.2, -0.15) is 0 Å². The molecule has 1 N–H and O–H groups in total. The number of aromatic nitrogens is 2. The molecular formula is C16H15N3O2. The van der Waals surface area contributed by atoms with Gasteiger partial charge in [-0.1, -0.05) is 17.3 Å². The summed E-state index contributed by atoms with van der Waals surface area (Å²) in [5.41, 5.74) is 3.52. The van der Waals surface area contributed by atoms with Crippen LogP contribution in [0.5, 0.6) is 0 Å². The third-order valence-corrected chi connectivity index (χ3v) is 3.24. The molecule has 2 aromatic heterocycles. The molecule has 0 radical (unpaired) electrons. The number of fused-ring (bicyclic) bond motifs is 1. The Kier molecular flexibility index (Phi) is 3.39. The van der Waals surface area contributed by atoms with Gasteiger partial charge in [0.15, 0.2) is 5.58 Å². The molecule has 0 bridgehead atoms. The van der Waals surface area contributed by atoms with Crippen LogP contribution in [0.4, 0.5) is 5.82 Å². The maximum atomic E-state index is 12.1. The summed E-state index contributed by atoms with van der Waals surface area (Å²) in [5.74, 6) is 0.366. The Morgan fingerprint density at radius 1 is 1.29 bits per heavy atom. The van der Waals surface area contributed by atoms with E-state index in [1.165, 1.54) is 0 Å². The molecule has 0 aliphatic heterocycles. The number of amides is 1. The summed E-state index contributed by atoms with van der Waals surface area (Å²) in [5, 5.41) is 7.66. The Bertz CT molecular complexity index is 794. The number of hydrogen-bond donors (Lipinski definition) is 1. The molecule has 0 aliphatic rings. The van der Waals surface area contributed by atoms with Gasteiger partial charge in [0, 0.05) is 11.6 Å². The summed E-state index contributed by atoms with van der Waals surface area (Å²) in [7, 11) is 0. The third-order valence-electron chi connectivity index (χ3n) is 3.24. The fourth-order valence-electron chi connectivity index (χ4n) is 2.34. The highest BCUT2D eigenvalue weighted by molar-refractivity contribution is 5.94. The number of pyridine rings is 1. The lowest BCUT2D eigenvalue weighted by Gasteiger charge is -2.02. The van der Waals surface area contributed by atoms with E-state index in [1.807, 2.05) is 32.0 Å². The van der Waals surface area contributed by atoms with Crippen LogP contribution in [0.1, 0.15) is 16.8 Å². The Hall–Kier alpha value is -2.69. The van der Waals surface area contributed by atoms with Crippen molar-refractivity contribution in [3.8, 4) is 0 Å². The minimum Gasteiger partial charge on any atom is -0.356 e. The normalized spacial score (nSPS) is 10.8. The van der Waals surface area contributed by atoms with Gasteiger partial charge in [0.2, 0.25) is 5.91 Å². The summed E-state index contributed by atoms with van der Waals surface area (Å²) in [6.45, 7) is 3.98. The molecule has 0 spiro atoms. The lowest BCUT2D eigenvalue weighted by atomic mass is 10.1. The van der Waals surface area contributed by atoms with Gasteiger partial charge in [-0.15, -0.1) is 0 Å². The van der Waals surface area contributed by atoms with Crippen molar-refractivity contribution in [2.75, 3.05) is 5.32 Å². The number of carbonyl (C=O) groups excluding carboxylic acids is 1. The Morgan fingerprint density at radius 3 is 2.90 bits per heavy atom. The van der Waals surface area contributed by atoms with Gasteiger partial charge in [-0.25, -0.2) is 4.98 Å². The molecule has 0 fully saturated rings. The monoisotopic (exact) mass is 281 g/mol. The van der Waals surface area contributed by atoms with Crippen molar-refractivity contribution in [3.63, 3.8) is 0 Å². The van der Waals surface area contributed by atoms with Gasteiger partial charge in [0.1, 0.15) is 11.5 Å². The van der Waals surface area contributed by atoms with E-state index in [1.54, 1.807) is 18.3 Å². The number of anilines is 1. The molecular weight excluding hydrogens is 266 g/mol. The summed E-state index contributed by atoms with van der Waals surface area (Å²) in [6.07, 6.45) is 1.79. The molecule has 0 aliphatic carbocycles. The summed E-state index contributed by atoms with van der Waals surface area (Å²) in [6, 6.07) is 9.38. The maximum Gasteiger partial charge on any atom is 0.231 e. The second-order valence-corrected chi connectivity index (χ2v) is 5.03. The predicted molar refractivity (Wildman–Crippen MR) is 80.1 cm³/mol. The Morgan fingerprint density at radius 2 is 2.14 bits per heavy atom. The quantitative estimate of drug-likeness (QED) is 0.801. The van der Waals surface area contributed by atoms with Crippen molar-refractivity contribution in [1.29, 1.82) is 0 Å². The van der Waals surface area contributed by atoms with Gasteiger partial charge < -0.3 is 9.84 Å². The maximum absolute atomic E-state index is 12.1. The first-order valence-electron chi connectivity index (χ1n) is 6.70. The van der Waals surface area contributed by atoms with Crippen molar-refractivity contribution < 1.29 is 9.32 Å². The van der Waals surface area contributed by atoms with E-state index < -0.39 is 0 Å². The highest BCUT2D eigenvalue weighted by Crippen LogP contribution is 2.24. The molecule has 3 rings (SSSR count). The topological polar surface area (TPSA) is 68.0 Å². The molecule has 0 unspecified atom stereocenters. The van der Waals surface area contributed by atoms with E-state index in [-0.39, 0.29) is 12.3 Å². The van der Waals surface area contributed by atoms with Crippen LogP contribution in [0, 0.1) is 13.8 Å². The second-order valence-electron chi connectivity index (χ2n) is 5.03. The standard InChI is InChI=1S/C16H15N3O2/c1-10-7-11(2)16-12(8-10)13(19-21-16)9-15(20)18-14-5-3-4-6-17-14/h3-8H,9H2,1-2H3,(H,17,18,20). The van der Waals surface area contributed by atoms with Crippen LogP contribution in [0.3, 0.4) is 0 Å². The largest absolute Gasteiger partial charge is 0.356 e. The van der Waals surface area contributed by atoms with Crippen molar-refractivity contribution in [2.45, 2.75) is 20.3 Å². The average Bonchev–Trinajstić information content (AvgIpc) is 2.83. The van der Waals surface area contributed by atoms with Crippen LogP contribution in [0.2, 0.25) is 0 Å². The van der Waals surface area contributed by atoms with Gasteiger partial charge in [0.25, 0.3) is 0 Å². The van der Waals surface area contributed by atoms with E-state index in [2.05, 4.69) is 15.5 Å². The molecule has 106 valence electrons. The van der Waals surface area contributed by atoms with Crippen LogP contribution in [0.25, 0.3) is 11.0 Å². The minimum absolute atomic E-state index is 0.159. The lowest BCUT2D eigenvalue weighted by molar-refractivity contribution is -0.115. The first-order chi connectivity index (χ1) is 10.1. The number of benzene rings is 1. The number of rotatable bonds is 3. The number of nitrogens with zero attached hydrogens (tertiary/aromatic N) is 2. The van der Waals surface area contributed by atoms with Gasteiger partial charge >= 0.3 is 0 Å². The number of carbonyl (C=O) groups is 1. The first-order valence-corrected chi connectivity index (χ1v) is 6.70. The highest BCUT2D eigenvalue weighted by atomic mass is 16.5. The summed E-state index contributed by atoms with van der Waals surface area (Å²) in [4.78, 5) is 16.1. The van der Waals surface area contributed by atoms with E-state index >= 15 is 0 Å². The number of hydrogen-bond acceptors (Lipinski definition) is 4. The molecule has 3 aromatic rings. The van der Waals surface area contributed by atoms with E-state index in [0.29, 0.717) is 11.5 Å². The van der Waals surface area contributed by atoms with Gasteiger partial charge in [-0.3, -0.25) is 4.79 Å². The van der Waals surface area contributed by atoms with Crippen molar-refractivity contribution >= 4 is 22.7 Å². The van der Waals surface area contributed by atoms with E-state index in [9.17, 15) is 4.79 Å². The minimum atomic E-state index is -0.164. The predicted octanol–water partition coefficient (Wildman–Crippen LogP) is 3.02. The smallest absolute Gasteiger partial charge is 0.231 e. The number of nitrogens with one attached hydrogen (secondary N) is 1. The van der Waals surface area contributed by atoms with Crippen molar-refractivity contribution in [3.05, 3.63) is 53.3 Å². The third kappa shape index (κ3) is 2.76. The second kappa shape index (κ2) is 5.36. The molecule has 0 saturated heterocycles. The zero-order valence-corrected chi connectivity index (χ0v) is 11.9. The highest BCUT2D eigenvalue weighted by Gasteiger charge is 2.14. The number of aryl methyl sites for hydroxylation is 2. The molecule has 0 saturated carbocycles. The van der Waals surface area contributed by atoms with E-state index in [4.69, 9.17) is 4.52 Å². The SMILES string of the molecule is Cc1cc(C)c2onc(CC(=O)Nc3ccccn3)c2c1. The molecule has 21 heavy (non-hydrogen) atoms. The molecule has 5 nitrogen and oxygen atoms in total. The Labute approximate surface area is 122 Å². The van der Waals surface area contributed by atoms with Gasteiger partial charge in [-0.05, 0) is 43.2 Å². The van der Waals surface area contributed by atoms with Crippen molar-refractivity contribution in [1.82, 2.24) is 10.1 Å². The van der Waals surface area contributed by atoms with Crippen molar-refractivity contribution in [2.24, 2.45) is 0 Å². The molecule has 2 heterocycles. The first kappa shape index (κ1) is 13.3. The molecule has 0 atom stereocenters. The molecule has 1 aromatic carbocycles. The van der Waals surface area contributed by atoms with Crippen LogP contribution < -0.4 is 5.32 Å². The van der Waals surface area contributed by atoms with Gasteiger partial charge in [0.05, 0.1) is 6.42 Å². The zero-order chi connectivity index (χ0) is 14.8. The zero-order valence-electron chi connectivity index (χ0n) is 11.9. The summed E-state index contributed by atoms with van der Waals surface area (Å²) >= 11 is 0. The Balaban J connectivity index is 1.83. The lowest BCUT2D eigenvalue weighted by Crippen LogP contribution is -2.15. The molecule has 5 heteroatoms. The van der Waals surface area contributed by atoms with Crippen LogP contribution in [-0.2, 0) is 11.2 Å². The van der Waals surface area contributed by atoms with Crippen LogP contribution in [0.15, 0.2) is 41.1 Å². The van der Waals surface area contributed by atoms with Crippen LogP contribution in [-0.4, -0.2) is 16.0 Å². The fourth-order valence-corrected chi connectivity index (χ4v) is 2.34. The summed E-state index contributed by atoms with van der Waals surface area (Å²) < 4.78 is 5.34. The van der Waals surface area contributed by atoms with Crippen LogP contribution >= 0.6 is 0 Å². The van der Waals surface area contributed by atoms with E-state index in [0.717, 1.165) is 22.1 Å².